The molecule has 0 unspecified atom stereocenters. The molecule has 1 aliphatic rings. The highest BCUT2D eigenvalue weighted by molar-refractivity contribution is 5.73. The summed E-state index contributed by atoms with van der Waals surface area (Å²) in [7, 11) is 0. The fourth-order valence-electron chi connectivity index (χ4n) is 5.47. The SMILES string of the molecule is CC(C)=CCCC(C)=CCCC(C)=CCC[C@]1(C)CCc2c(C)c(OC(=O)NCc3ccccc3)c(C)c(C)c2O1. The van der Waals surface area contributed by atoms with Crippen molar-refractivity contribution in [2.75, 3.05) is 0 Å². The van der Waals surface area contributed by atoms with Crippen LogP contribution >= 0.6 is 0 Å². The average Bonchev–Trinajstić information content (AvgIpc) is 2.93. The van der Waals surface area contributed by atoms with E-state index >= 15 is 0 Å². The van der Waals surface area contributed by atoms with Crippen molar-refractivity contribution in [3.05, 3.63) is 93.1 Å². The number of rotatable bonds is 12. The Labute approximate surface area is 248 Å². The molecule has 0 bridgehead atoms. The third-order valence-electron chi connectivity index (χ3n) is 8.33. The van der Waals surface area contributed by atoms with E-state index in [4.69, 9.17) is 9.47 Å². The summed E-state index contributed by atoms with van der Waals surface area (Å²) < 4.78 is 12.6. The van der Waals surface area contributed by atoms with Crippen molar-refractivity contribution in [2.45, 2.75) is 119 Å². The number of hydrogen-bond donors (Lipinski definition) is 1. The maximum absolute atomic E-state index is 12.6. The molecule has 1 amide bonds. The minimum absolute atomic E-state index is 0.204. The zero-order chi connectivity index (χ0) is 30.0. The Kier molecular flexibility index (Phi) is 11.9. The Balaban J connectivity index is 1.56. The van der Waals surface area contributed by atoms with Gasteiger partial charge in [0.15, 0.2) is 0 Å². The number of amides is 1. The summed E-state index contributed by atoms with van der Waals surface area (Å²) >= 11 is 0. The lowest BCUT2D eigenvalue weighted by Gasteiger charge is -2.38. The monoisotopic (exact) mass is 557 g/mol. The first kappa shape index (κ1) is 32.2. The van der Waals surface area contributed by atoms with E-state index in [1.54, 1.807) is 0 Å². The minimum Gasteiger partial charge on any atom is -0.487 e. The molecule has 222 valence electrons. The van der Waals surface area contributed by atoms with Crippen LogP contribution in [0.2, 0.25) is 0 Å². The van der Waals surface area contributed by atoms with E-state index < -0.39 is 6.09 Å². The molecule has 41 heavy (non-hydrogen) atoms. The maximum Gasteiger partial charge on any atom is 0.412 e. The number of allylic oxidation sites excluding steroid dienone is 6. The smallest absolute Gasteiger partial charge is 0.412 e. The zero-order valence-electron chi connectivity index (χ0n) is 26.7. The van der Waals surface area contributed by atoms with Gasteiger partial charge >= 0.3 is 6.09 Å². The number of carbonyl (C=O) groups excluding carboxylic acids is 1. The highest BCUT2D eigenvalue weighted by atomic mass is 16.6. The van der Waals surface area contributed by atoms with Crippen molar-refractivity contribution in [3.63, 3.8) is 0 Å². The Hall–Kier alpha value is -3.27. The molecule has 3 rings (SSSR count). The van der Waals surface area contributed by atoms with Crippen LogP contribution in [-0.4, -0.2) is 11.7 Å². The molecular weight excluding hydrogens is 506 g/mol. The lowest BCUT2D eigenvalue weighted by Crippen LogP contribution is -2.37. The minimum atomic E-state index is -0.433. The lowest BCUT2D eigenvalue weighted by atomic mass is 9.85. The Morgan fingerprint density at radius 3 is 2.20 bits per heavy atom. The van der Waals surface area contributed by atoms with Gasteiger partial charge in [-0.25, -0.2) is 4.79 Å². The van der Waals surface area contributed by atoms with Crippen LogP contribution in [0.5, 0.6) is 11.5 Å². The van der Waals surface area contributed by atoms with Gasteiger partial charge in [0, 0.05) is 12.1 Å². The number of hydrogen-bond acceptors (Lipinski definition) is 3. The molecule has 1 atom stereocenters. The van der Waals surface area contributed by atoms with Crippen LogP contribution in [0.15, 0.2) is 65.3 Å². The fraction of sp³-hybridized carbons (Fsp3) is 0.486. The van der Waals surface area contributed by atoms with Gasteiger partial charge in [-0.2, -0.15) is 0 Å². The lowest BCUT2D eigenvalue weighted by molar-refractivity contribution is 0.0558. The zero-order valence-corrected chi connectivity index (χ0v) is 26.7. The molecule has 1 N–H and O–H groups in total. The van der Waals surface area contributed by atoms with Crippen LogP contribution in [0.25, 0.3) is 0 Å². The molecule has 1 heterocycles. The van der Waals surface area contributed by atoms with Crippen molar-refractivity contribution in [1.29, 1.82) is 0 Å². The number of benzene rings is 2. The first-order valence-electron chi connectivity index (χ1n) is 15.2. The standard InChI is InChI=1S/C37H51NO3/c1-26(2)15-12-16-27(3)17-13-18-28(4)19-14-23-37(8)24-22-33-31(7)34(29(5)30(6)35(33)41-37)40-36(39)38-25-32-20-10-9-11-21-32/h9-11,15,17,19-21H,12-14,16,18,22-25H2,1-8H3,(H,38,39)/t37-/m1/s1. The molecule has 0 fully saturated rings. The van der Waals surface area contributed by atoms with Crippen molar-refractivity contribution >= 4 is 6.09 Å². The summed E-state index contributed by atoms with van der Waals surface area (Å²) in [5.41, 5.74) is 9.34. The maximum atomic E-state index is 12.6. The number of ether oxygens (including phenoxy) is 2. The first-order chi connectivity index (χ1) is 19.5. The van der Waals surface area contributed by atoms with Gasteiger partial charge in [0.25, 0.3) is 0 Å². The molecule has 0 saturated carbocycles. The second-order valence-electron chi connectivity index (χ2n) is 12.3. The van der Waals surface area contributed by atoms with Gasteiger partial charge in [0.2, 0.25) is 0 Å². The molecular formula is C37H51NO3. The van der Waals surface area contributed by atoms with Crippen LogP contribution < -0.4 is 14.8 Å². The molecule has 2 aromatic rings. The summed E-state index contributed by atoms with van der Waals surface area (Å²) in [5.74, 6) is 1.62. The Bertz CT molecular complexity index is 1280. The van der Waals surface area contributed by atoms with Crippen LogP contribution in [0.1, 0.15) is 107 Å². The molecule has 0 saturated heterocycles. The third-order valence-corrected chi connectivity index (χ3v) is 8.33. The third kappa shape index (κ3) is 9.66. The van der Waals surface area contributed by atoms with E-state index in [0.717, 1.165) is 84.9 Å². The number of nitrogens with one attached hydrogen (secondary N) is 1. The molecule has 0 aromatic heterocycles. The molecule has 0 aliphatic carbocycles. The summed E-state index contributed by atoms with van der Waals surface area (Å²) in [6, 6.07) is 9.86. The number of fused-ring (bicyclic) bond motifs is 1. The van der Waals surface area contributed by atoms with E-state index in [9.17, 15) is 4.79 Å². The van der Waals surface area contributed by atoms with E-state index in [1.807, 2.05) is 44.2 Å². The molecule has 1 aliphatic heterocycles. The highest BCUT2D eigenvalue weighted by Gasteiger charge is 2.34. The van der Waals surface area contributed by atoms with Gasteiger partial charge in [0.05, 0.1) is 0 Å². The van der Waals surface area contributed by atoms with E-state index in [1.165, 1.54) is 16.7 Å². The van der Waals surface area contributed by atoms with Crippen molar-refractivity contribution in [1.82, 2.24) is 5.32 Å². The van der Waals surface area contributed by atoms with Crippen LogP contribution in [0.3, 0.4) is 0 Å². The molecule has 4 heteroatoms. The van der Waals surface area contributed by atoms with Crippen molar-refractivity contribution < 1.29 is 14.3 Å². The van der Waals surface area contributed by atoms with Gasteiger partial charge in [0.1, 0.15) is 17.1 Å². The predicted octanol–water partition coefficient (Wildman–Crippen LogP) is 10.2. The van der Waals surface area contributed by atoms with E-state index in [2.05, 4.69) is 65.1 Å². The van der Waals surface area contributed by atoms with E-state index in [0.29, 0.717) is 12.3 Å². The summed E-state index contributed by atoms with van der Waals surface area (Å²) in [4.78, 5) is 12.6. The normalized spacial score (nSPS) is 17.0. The van der Waals surface area contributed by atoms with Gasteiger partial charge in [-0.3, -0.25) is 0 Å². The quantitative estimate of drug-likeness (QED) is 0.264. The van der Waals surface area contributed by atoms with Crippen LogP contribution in [0, 0.1) is 20.8 Å². The largest absolute Gasteiger partial charge is 0.487 e. The molecule has 4 nitrogen and oxygen atoms in total. The molecule has 0 radical (unpaired) electrons. The molecule has 0 spiro atoms. The second-order valence-corrected chi connectivity index (χ2v) is 12.3. The van der Waals surface area contributed by atoms with Crippen LogP contribution in [-0.2, 0) is 13.0 Å². The van der Waals surface area contributed by atoms with Crippen molar-refractivity contribution in [2.24, 2.45) is 0 Å². The first-order valence-corrected chi connectivity index (χ1v) is 15.2. The van der Waals surface area contributed by atoms with E-state index in [-0.39, 0.29) is 5.60 Å². The van der Waals surface area contributed by atoms with Crippen molar-refractivity contribution in [3.8, 4) is 11.5 Å². The van der Waals surface area contributed by atoms with Gasteiger partial charge in [-0.15, -0.1) is 0 Å². The summed E-state index contributed by atoms with van der Waals surface area (Å²) in [5, 5.41) is 2.87. The summed E-state index contributed by atoms with van der Waals surface area (Å²) in [6.07, 6.45) is 15.0. The van der Waals surface area contributed by atoms with Crippen LogP contribution in [0.4, 0.5) is 4.79 Å². The fourth-order valence-corrected chi connectivity index (χ4v) is 5.47. The number of carbonyl (C=O) groups is 1. The van der Waals surface area contributed by atoms with Gasteiger partial charge < -0.3 is 14.8 Å². The second kappa shape index (κ2) is 15.1. The molecule has 2 aromatic carbocycles. The van der Waals surface area contributed by atoms with Gasteiger partial charge in [-0.1, -0.05) is 65.3 Å². The van der Waals surface area contributed by atoms with Gasteiger partial charge in [-0.05, 0) is 129 Å². The highest BCUT2D eigenvalue weighted by Crippen LogP contribution is 2.45. The topological polar surface area (TPSA) is 47.6 Å². The summed E-state index contributed by atoms with van der Waals surface area (Å²) in [6.45, 7) is 17.6. The predicted molar refractivity (Wildman–Crippen MR) is 172 cm³/mol. The Morgan fingerprint density at radius 2 is 1.54 bits per heavy atom. The Morgan fingerprint density at radius 1 is 0.902 bits per heavy atom. The average molecular weight is 558 g/mol.